The van der Waals surface area contributed by atoms with Crippen molar-refractivity contribution >= 4 is 17.7 Å². The highest BCUT2D eigenvalue weighted by atomic mass is 35.5. The van der Waals surface area contributed by atoms with Gasteiger partial charge in [0.1, 0.15) is 11.6 Å². The molecule has 0 bridgehead atoms. The van der Waals surface area contributed by atoms with Crippen LogP contribution in [0.1, 0.15) is 45.8 Å². The van der Waals surface area contributed by atoms with Crippen molar-refractivity contribution in [1.29, 1.82) is 0 Å². The first-order chi connectivity index (χ1) is 15.7. The molecule has 3 aromatic rings. The molecule has 2 nitrogen and oxygen atoms in total. The molecule has 7 heteroatoms. The van der Waals surface area contributed by atoms with Crippen molar-refractivity contribution < 1.29 is 22.7 Å². The van der Waals surface area contributed by atoms with Gasteiger partial charge in [-0.25, -0.2) is 4.39 Å². The van der Waals surface area contributed by atoms with E-state index in [9.17, 15) is 22.7 Å². The van der Waals surface area contributed by atoms with Gasteiger partial charge in [-0.1, -0.05) is 60.2 Å². The molecule has 0 radical (unpaired) electrons. The fraction of sp³-hybridized carbons (Fsp3) is 0.192. The molecule has 0 fully saturated rings. The average Bonchev–Trinajstić information content (AvgIpc) is 2.74. The van der Waals surface area contributed by atoms with Crippen molar-refractivity contribution in [3.05, 3.63) is 111 Å². The molecular weight excluding hydrogens is 454 g/mol. The Hall–Kier alpha value is -3.12. The number of aromatic hydroxyl groups is 1. The number of rotatable bonds is 4. The number of alkyl halides is 3. The van der Waals surface area contributed by atoms with Gasteiger partial charge in [0.15, 0.2) is 0 Å². The summed E-state index contributed by atoms with van der Waals surface area (Å²) in [6, 6.07) is 9.45. The standard InChI is InChI=1S/C26H20ClF4NO/c27-19-13-23(28)24(32-15-19)14-22(17-7-10-18(11-8-17)26(29,30)31)21-12-9-16-5-3-1-2-4-6-20(16)25(21)33/h1-3,5,7-13,15,22,33H,4,6,14H2/b2-1-,5-3-/t22-/m1/s1. The van der Waals surface area contributed by atoms with Crippen LogP contribution in [0.3, 0.4) is 0 Å². The first-order valence-electron chi connectivity index (χ1n) is 10.4. The Balaban J connectivity index is 1.81. The van der Waals surface area contributed by atoms with Crippen LogP contribution in [0.4, 0.5) is 17.6 Å². The number of phenolic OH excluding ortho intramolecular Hbond substituents is 1. The molecule has 1 aliphatic rings. The number of hydrogen-bond acceptors (Lipinski definition) is 2. The second-order valence-corrected chi connectivity index (χ2v) is 8.29. The Morgan fingerprint density at radius 1 is 1.06 bits per heavy atom. The highest BCUT2D eigenvalue weighted by Crippen LogP contribution is 2.40. The molecule has 2 aromatic carbocycles. The zero-order valence-corrected chi connectivity index (χ0v) is 18.2. The quantitative estimate of drug-likeness (QED) is 0.398. The van der Waals surface area contributed by atoms with Crippen molar-refractivity contribution in [3.63, 3.8) is 0 Å². The van der Waals surface area contributed by atoms with Crippen LogP contribution in [0.2, 0.25) is 5.02 Å². The molecular formula is C26H20ClF4NO. The SMILES string of the molecule is Oc1c([C@H](Cc2ncc(Cl)cc2F)c2ccc(C(F)(F)F)cc2)ccc2c1CC/C=C\C=C/2. The maximum Gasteiger partial charge on any atom is 0.416 e. The molecule has 1 heterocycles. The fourth-order valence-corrected chi connectivity index (χ4v) is 4.17. The molecule has 33 heavy (non-hydrogen) atoms. The fourth-order valence-electron chi connectivity index (χ4n) is 4.03. The third-order valence-corrected chi connectivity index (χ3v) is 5.94. The molecule has 0 amide bonds. The van der Waals surface area contributed by atoms with Crippen molar-refractivity contribution in [3.8, 4) is 5.75 Å². The Bertz CT molecular complexity index is 1220. The maximum atomic E-state index is 14.6. The number of pyridine rings is 1. The highest BCUT2D eigenvalue weighted by molar-refractivity contribution is 6.30. The van der Waals surface area contributed by atoms with Crippen molar-refractivity contribution in [2.45, 2.75) is 31.4 Å². The van der Waals surface area contributed by atoms with E-state index in [1.165, 1.54) is 18.3 Å². The van der Waals surface area contributed by atoms with E-state index in [0.29, 0.717) is 17.5 Å². The summed E-state index contributed by atoms with van der Waals surface area (Å²) in [6.07, 6.45) is 5.93. The molecule has 1 aliphatic carbocycles. The van der Waals surface area contributed by atoms with Gasteiger partial charge in [-0.05, 0) is 42.2 Å². The molecule has 0 aliphatic heterocycles. The first kappa shape index (κ1) is 23.1. The van der Waals surface area contributed by atoms with Gasteiger partial charge in [0.2, 0.25) is 0 Å². The van der Waals surface area contributed by atoms with Gasteiger partial charge < -0.3 is 5.11 Å². The van der Waals surface area contributed by atoms with Gasteiger partial charge in [-0.3, -0.25) is 4.98 Å². The molecule has 0 spiro atoms. The number of fused-ring (bicyclic) bond motifs is 1. The number of nitrogens with zero attached hydrogens (tertiary/aromatic N) is 1. The van der Waals surface area contributed by atoms with E-state index < -0.39 is 23.5 Å². The monoisotopic (exact) mass is 473 g/mol. The van der Waals surface area contributed by atoms with E-state index in [-0.39, 0.29) is 22.9 Å². The summed E-state index contributed by atoms with van der Waals surface area (Å²) in [7, 11) is 0. The number of hydrogen-bond donors (Lipinski definition) is 1. The summed E-state index contributed by atoms with van der Waals surface area (Å²) >= 11 is 5.82. The smallest absolute Gasteiger partial charge is 0.416 e. The zero-order valence-electron chi connectivity index (χ0n) is 17.4. The van der Waals surface area contributed by atoms with Gasteiger partial charge in [-0.15, -0.1) is 0 Å². The van der Waals surface area contributed by atoms with E-state index in [1.54, 1.807) is 6.07 Å². The van der Waals surface area contributed by atoms with Crippen LogP contribution in [0, 0.1) is 5.82 Å². The van der Waals surface area contributed by atoms with Gasteiger partial charge in [-0.2, -0.15) is 13.2 Å². The number of benzene rings is 2. The van der Waals surface area contributed by atoms with Gasteiger partial charge in [0, 0.05) is 29.7 Å². The predicted octanol–water partition coefficient (Wildman–Crippen LogP) is 7.49. The Morgan fingerprint density at radius 2 is 1.82 bits per heavy atom. The normalized spacial score (nSPS) is 16.4. The third kappa shape index (κ3) is 5.11. The van der Waals surface area contributed by atoms with Crippen molar-refractivity contribution in [1.82, 2.24) is 4.98 Å². The molecule has 1 aromatic heterocycles. The highest BCUT2D eigenvalue weighted by Gasteiger charge is 2.31. The van der Waals surface area contributed by atoms with Crippen LogP contribution in [0.25, 0.3) is 6.08 Å². The lowest BCUT2D eigenvalue weighted by Gasteiger charge is -2.22. The maximum absolute atomic E-state index is 14.6. The summed E-state index contributed by atoms with van der Waals surface area (Å²) in [6.45, 7) is 0. The zero-order chi connectivity index (χ0) is 23.6. The van der Waals surface area contributed by atoms with Crippen molar-refractivity contribution in [2.24, 2.45) is 0 Å². The lowest BCUT2D eigenvalue weighted by molar-refractivity contribution is -0.137. The molecule has 1 N–H and O–H groups in total. The minimum absolute atomic E-state index is 0.0382. The third-order valence-electron chi connectivity index (χ3n) is 5.73. The Kier molecular flexibility index (Phi) is 6.56. The second-order valence-electron chi connectivity index (χ2n) is 7.86. The van der Waals surface area contributed by atoms with Crippen molar-refractivity contribution in [2.75, 3.05) is 0 Å². The lowest BCUT2D eigenvalue weighted by atomic mass is 9.83. The van der Waals surface area contributed by atoms with Crippen LogP contribution in [0.15, 0.2) is 66.9 Å². The Labute approximate surface area is 193 Å². The predicted molar refractivity (Wildman–Crippen MR) is 121 cm³/mol. The minimum Gasteiger partial charge on any atom is -0.507 e. The van der Waals surface area contributed by atoms with E-state index in [2.05, 4.69) is 4.98 Å². The number of halogens is 5. The van der Waals surface area contributed by atoms with Crippen LogP contribution in [-0.4, -0.2) is 10.1 Å². The molecule has 4 rings (SSSR count). The summed E-state index contributed by atoms with van der Waals surface area (Å²) in [5, 5.41) is 11.3. The van der Waals surface area contributed by atoms with E-state index in [1.807, 2.05) is 30.4 Å². The van der Waals surface area contributed by atoms with E-state index >= 15 is 0 Å². The second kappa shape index (κ2) is 9.40. The minimum atomic E-state index is -4.47. The lowest BCUT2D eigenvalue weighted by Crippen LogP contribution is -2.11. The number of aromatic nitrogens is 1. The molecule has 170 valence electrons. The van der Waals surface area contributed by atoms with E-state index in [4.69, 9.17) is 11.6 Å². The van der Waals surface area contributed by atoms with Crippen LogP contribution in [0.5, 0.6) is 5.75 Å². The molecule has 0 saturated carbocycles. The largest absolute Gasteiger partial charge is 0.507 e. The van der Waals surface area contributed by atoms with Crippen LogP contribution >= 0.6 is 11.6 Å². The van der Waals surface area contributed by atoms with Gasteiger partial charge in [0.25, 0.3) is 0 Å². The summed E-state index contributed by atoms with van der Waals surface area (Å²) in [5.41, 5.74) is 1.95. The van der Waals surface area contributed by atoms with E-state index in [0.717, 1.165) is 35.7 Å². The molecule has 0 unspecified atom stereocenters. The Morgan fingerprint density at radius 3 is 2.52 bits per heavy atom. The van der Waals surface area contributed by atoms with Crippen LogP contribution in [-0.2, 0) is 19.0 Å². The average molecular weight is 474 g/mol. The first-order valence-corrected chi connectivity index (χ1v) is 10.8. The van der Waals surface area contributed by atoms with Gasteiger partial charge >= 0.3 is 6.18 Å². The summed E-state index contributed by atoms with van der Waals surface area (Å²) in [4.78, 5) is 4.08. The summed E-state index contributed by atoms with van der Waals surface area (Å²) in [5.74, 6) is -1.17. The summed E-state index contributed by atoms with van der Waals surface area (Å²) < 4.78 is 53.8. The molecule has 1 atom stereocenters. The number of phenols is 1. The topological polar surface area (TPSA) is 33.1 Å². The van der Waals surface area contributed by atoms with Crippen LogP contribution < -0.4 is 0 Å². The van der Waals surface area contributed by atoms with Gasteiger partial charge in [0.05, 0.1) is 16.3 Å². The number of allylic oxidation sites excluding steroid dienone is 3. The molecule has 0 saturated heterocycles.